The number of ether oxygens (including phenoxy) is 1. The van der Waals surface area contributed by atoms with E-state index in [2.05, 4.69) is 72.1 Å². The number of aromatic nitrogens is 2. The first-order chi connectivity index (χ1) is 13.5. The molecule has 0 fully saturated rings. The van der Waals surface area contributed by atoms with Crippen LogP contribution >= 0.6 is 0 Å². The van der Waals surface area contributed by atoms with Crippen molar-refractivity contribution in [3.05, 3.63) is 42.1 Å². The molecule has 0 aliphatic carbocycles. The van der Waals surface area contributed by atoms with Crippen LogP contribution in [-0.2, 0) is 7.05 Å². The Morgan fingerprint density at radius 3 is 2.68 bits per heavy atom. The summed E-state index contributed by atoms with van der Waals surface area (Å²) < 4.78 is 7.74. The van der Waals surface area contributed by atoms with Crippen molar-refractivity contribution in [1.82, 2.24) is 14.5 Å². The Bertz CT molecular complexity index is 1160. The Hall–Kier alpha value is -2.79. The van der Waals surface area contributed by atoms with Gasteiger partial charge in [-0.3, -0.25) is 0 Å². The fourth-order valence-corrected chi connectivity index (χ4v) is 4.13. The summed E-state index contributed by atoms with van der Waals surface area (Å²) in [5.74, 6) is 1.85. The fourth-order valence-electron chi connectivity index (χ4n) is 4.13. The van der Waals surface area contributed by atoms with Crippen LogP contribution in [0.4, 0.5) is 5.82 Å². The summed E-state index contributed by atoms with van der Waals surface area (Å²) in [4.78, 5) is 6.86. The highest BCUT2D eigenvalue weighted by molar-refractivity contribution is 6.17. The summed E-state index contributed by atoms with van der Waals surface area (Å²) in [7, 11) is 8.05. The van der Waals surface area contributed by atoms with Gasteiger partial charge in [-0.2, -0.15) is 0 Å². The normalized spacial score (nSPS) is 11.8. The van der Waals surface area contributed by atoms with Crippen molar-refractivity contribution < 1.29 is 4.74 Å². The van der Waals surface area contributed by atoms with Crippen LogP contribution in [0.25, 0.3) is 32.6 Å². The minimum absolute atomic E-state index is 0.882. The monoisotopic (exact) mass is 376 g/mol. The predicted octanol–water partition coefficient (Wildman–Crippen LogP) is 4.56. The van der Waals surface area contributed by atoms with E-state index in [0.29, 0.717) is 0 Å². The van der Waals surface area contributed by atoms with Gasteiger partial charge < -0.3 is 19.5 Å². The maximum absolute atomic E-state index is 5.48. The molecule has 5 nitrogen and oxygen atoms in total. The number of anilines is 1. The molecule has 2 aromatic heterocycles. The summed E-state index contributed by atoms with van der Waals surface area (Å²) in [6, 6.07) is 10.7. The lowest BCUT2D eigenvalue weighted by atomic mass is 10.00. The van der Waals surface area contributed by atoms with E-state index in [9.17, 15) is 0 Å². The standard InChI is InChI=1S/C23H28N4O/c1-15-21-16(9-11-25-23(21)24-10-6-12-26(2)3)13-20-22(15)18-14-17(28-5)7-8-19(18)27(20)4/h7-9,11,13-14H,6,10,12H2,1-5H3,(H,24,25). The van der Waals surface area contributed by atoms with Crippen molar-refractivity contribution in [2.75, 3.05) is 39.6 Å². The topological polar surface area (TPSA) is 42.3 Å². The van der Waals surface area contributed by atoms with Gasteiger partial charge in [0.1, 0.15) is 11.6 Å². The molecule has 0 amide bonds. The minimum atomic E-state index is 0.882. The van der Waals surface area contributed by atoms with Crippen molar-refractivity contribution in [3.63, 3.8) is 0 Å². The Kier molecular flexibility index (Phi) is 4.85. The lowest BCUT2D eigenvalue weighted by Crippen LogP contribution is -2.16. The lowest BCUT2D eigenvalue weighted by Gasteiger charge is -2.14. The molecule has 1 N–H and O–H groups in total. The van der Waals surface area contributed by atoms with Crippen LogP contribution < -0.4 is 10.1 Å². The smallest absolute Gasteiger partial charge is 0.134 e. The maximum atomic E-state index is 5.48. The first-order valence-electron chi connectivity index (χ1n) is 9.74. The van der Waals surface area contributed by atoms with Crippen LogP contribution in [0.15, 0.2) is 36.5 Å². The summed E-state index contributed by atoms with van der Waals surface area (Å²) in [5.41, 5.74) is 3.70. The second kappa shape index (κ2) is 7.32. The first kappa shape index (κ1) is 18.6. The Labute approximate surface area is 165 Å². The van der Waals surface area contributed by atoms with Crippen LogP contribution in [0.5, 0.6) is 5.75 Å². The number of nitrogens with one attached hydrogen (secondary N) is 1. The molecule has 28 heavy (non-hydrogen) atoms. The van der Waals surface area contributed by atoms with Gasteiger partial charge in [-0.25, -0.2) is 4.98 Å². The van der Waals surface area contributed by atoms with Gasteiger partial charge in [-0.1, -0.05) is 0 Å². The largest absolute Gasteiger partial charge is 0.497 e. The Balaban J connectivity index is 1.90. The molecule has 0 unspecified atom stereocenters. The quantitative estimate of drug-likeness (QED) is 0.501. The zero-order valence-electron chi connectivity index (χ0n) is 17.3. The Morgan fingerprint density at radius 2 is 1.93 bits per heavy atom. The number of hydrogen-bond acceptors (Lipinski definition) is 4. The van der Waals surface area contributed by atoms with E-state index < -0.39 is 0 Å². The number of nitrogens with zero attached hydrogens (tertiary/aromatic N) is 3. The van der Waals surface area contributed by atoms with Crippen LogP contribution in [0, 0.1) is 6.92 Å². The van der Waals surface area contributed by atoms with Crippen molar-refractivity contribution in [1.29, 1.82) is 0 Å². The molecule has 4 aromatic rings. The molecule has 146 valence electrons. The van der Waals surface area contributed by atoms with Gasteiger partial charge in [0.05, 0.1) is 7.11 Å². The molecule has 0 saturated heterocycles. The molecule has 0 aliphatic heterocycles. The number of fused-ring (bicyclic) bond motifs is 4. The van der Waals surface area contributed by atoms with E-state index in [1.165, 1.54) is 38.1 Å². The highest BCUT2D eigenvalue weighted by atomic mass is 16.5. The van der Waals surface area contributed by atoms with E-state index in [0.717, 1.165) is 31.1 Å². The number of hydrogen-bond donors (Lipinski definition) is 1. The summed E-state index contributed by atoms with van der Waals surface area (Å²) >= 11 is 0. The maximum Gasteiger partial charge on any atom is 0.134 e. The lowest BCUT2D eigenvalue weighted by molar-refractivity contribution is 0.405. The number of pyridine rings is 1. The van der Waals surface area contributed by atoms with E-state index in [1.54, 1.807) is 7.11 Å². The zero-order chi connectivity index (χ0) is 19.8. The van der Waals surface area contributed by atoms with Crippen molar-refractivity contribution in [2.45, 2.75) is 13.3 Å². The van der Waals surface area contributed by atoms with Crippen molar-refractivity contribution in [2.24, 2.45) is 7.05 Å². The minimum Gasteiger partial charge on any atom is -0.497 e. The number of rotatable bonds is 6. The second-order valence-corrected chi connectivity index (χ2v) is 7.68. The molecule has 0 spiro atoms. The number of benzene rings is 2. The second-order valence-electron chi connectivity index (χ2n) is 7.68. The third-order valence-corrected chi connectivity index (χ3v) is 5.55. The van der Waals surface area contributed by atoms with Crippen LogP contribution in [0.2, 0.25) is 0 Å². The molecule has 0 radical (unpaired) electrons. The molecule has 0 aliphatic rings. The summed E-state index contributed by atoms with van der Waals surface area (Å²) in [6.45, 7) is 4.17. The zero-order valence-corrected chi connectivity index (χ0v) is 17.3. The molecule has 4 rings (SSSR count). The average molecular weight is 377 g/mol. The fraction of sp³-hybridized carbons (Fsp3) is 0.348. The first-order valence-corrected chi connectivity index (χ1v) is 9.74. The molecule has 2 aromatic carbocycles. The molecule has 0 bridgehead atoms. The average Bonchev–Trinajstić information content (AvgIpc) is 2.97. The summed E-state index contributed by atoms with van der Waals surface area (Å²) in [5, 5.41) is 8.47. The van der Waals surface area contributed by atoms with Crippen molar-refractivity contribution in [3.8, 4) is 5.75 Å². The van der Waals surface area contributed by atoms with Gasteiger partial charge in [-0.05, 0) is 75.3 Å². The molecular weight excluding hydrogens is 348 g/mol. The number of methoxy groups -OCH3 is 1. The third-order valence-electron chi connectivity index (χ3n) is 5.55. The highest BCUT2D eigenvalue weighted by Crippen LogP contribution is 2.38. The van der Waals surface area contributed by atoms with Gasteiger partial charge in [0.15, 0.2) is 0 Å². The van der Waals surface area contributed by atoms with Crippen LogP contribution in [-0.4, -0.2) is 48.7 Å². The van der Waals surface area contributed by atoms with E-state index >= 15 is 0 Å². The van der Waals surface area contributed by atoms with Gasteiger partial charge in [0.25, 0.3) is 0 Å². The molecule has 0 atom stereocenters. The van der Waals surface area contributed by atoms with E-state index in [1.807, 2.05) is 12.3 Å². The highest BCUT2D eigenvalue weighted by Gasteiger charge is 2.16. The predicted molar refractivity (Wildman–Crippen MR) is 119 cm³/mol. The van der Waals surface area contributed by atoms with E-state index in [4.69, 9.17) is 4.74 Å². The number of aryl methyl sites for hydroxylation is 2. The molecular formula is C23H28N4O. The molecule has 0 saturated carbocycles. The molecule has 5 heteroatoms. The van der Waals surface area contributed by atoms with Crippen molar-refractivity contribution >= 4 is 38.4 Å². The third kappa shape index (κ3) is 3.06. The van der Waals surface area contributed by atoms with Gasteiger partial charge >= 0.3 is 0 Å². The van der Waals surface area contributed by atoms with Gasteiger partial charge in [0, 0.05) is 47.0 Å². The Morgan fingerprint density at radius 1 is 1.11 bits per heavy atom. The summed E-state index contributed by atoms with van der Waals surface area (Å²) in [6.07, 6.45) is 2.98. The molecule has 2 heterocycles. The van der Waals surface area contributed by atoms with Gasteiger partial charge in [-0.15, -0.1) is 0 Å². The van der Waals surface area contributed by atoms with E-state index in [-0.39, 0.29) is 0 Å². The van der Waals surface area contributed by atoms with Gasteiger partial charge in [0.2, 0.25) is 0 Å². The SMILES string of the molecule is COc1ccc2c(c1)c1c(C)c3c(NCCCN(C)C)nccc3cc1n2C. The van der Waals surface area contributed by atoms with Crippen LogP contribution in [0.1, 0.15) is 12.0 Å². The van der Waals surface area contributed by atoms with Crippen LogP contribution in [0.3, 0.4) is 0 Å².